The molecular formula is C40H46O8. The largest absolute Gasteiger partial charge is 0.490 e. The highest BCUT2D eigenvalue weighted by Crippen LogP contribution is 2.38. The molecule has 2 N–H and O–H groups in total. The van der Waals surface area contributed by atoms with E-state index in [1.165, 1.54) is 37.7 Å². The van der Waals surface area contributed by atoms with Gasteiger partial charge in [0.1, 0.15) is 37.9 Å². The van der Waals surface area contributed by atoms with E-state index in [-0.39, 0.29) is 37.6 Å². The van der Waals surface area contributed by atoms with Crippen molar-refractivity contribution in [2.75, 3.05) is 39.6 Å². The summed E-state index contributed by atoms with van der Waals surface area (Å²) in [7, 11) is 0. The summed E-state index contributed by atoms with van der Waals surface area (Å²) in [6.07, 6.45) is 9.49. The molecule has 1 saturated carbocycles. The van der Waals surface area contributed by atoms with Crippen LogP contribution in [0.3, 0.4) is 0 Å². The first kappa shape index (κ1) is 36.2. The number of esters is 2. The molecule has 0 unspecified atom stereocenters. The maximum absolute atomic E-state index is 11.8. The molecule has 0 spiro atoms. The summed E-state index contributed by atoms with van der Waals surface area (Å²) in [5.74, 6) is 1.06. The maximum atomic E-state index is 11.8. The Balaban J connectivity index is 1.42. The van der Waals surface area contributed by atoms with Crippen LogP contribution in [-0.2, 0) is 19.1 Å². The van der Waals surface area contributed by atoms with Gasteiger partial charge in [0.2, 0.25) is 0 Å². The summed E-state index contributed by atoms with van der Waals surface area (Å²) in [6.45, 7) is 9.88. The summed E-state index contributed by atoms with van der Waals surface area (Å²) < 4.78 is 21.9. The molecule has 48 heavy (non-hydrogen) atoms. The molecule has 0 saturated heterocycles. The average Bonchev–Trinajstić information content (AvgIpc) is 3.13. The van der Waals surface area contributed by atoms with E-state index in [0.717, 1.165) is 34.6 Å². The van der Waals surface area contributed by atoms with Crippen LogP contribution >= 0.6 is 0 Å². The van der Waals surface area contributed by atoms with Crippen LogP contribution in [0.2, 0.25) is 0 Å². The van der Waals surface area contributed by atoms with E-state index in [4.69, 9.17) is 29.2 Å². The number of hydrogen-bond donors (Lipinski definition) is 2. The highest BCUT2D eigenvalue weighted by Gasteiger charge is 2.22. The molecule has 0 atom stereocenters. The summed E-state index contributed by atoms with van der Waals surface area (Å²) in [6, 6.07) is 22.6. The normalized spacial score (nSPS) is 15.6. The Labute approximate surface area is 283 Å². The number of allylic oxidation sites excluding steroid dienone is 1. The number of benzene rings is 3. The highest BCUT2D eigenvalue weighted by atomic mass is 16.6. The van der Waals surface area contributed by atoms with Crippen LogP contribution in [0.25, 0.3) is 22.3 Å². The molecule has 0 radical (unpaired) electrons. The quantitative estimate of drug-likeness (QED) is 0.0641. The van der Waals surface area contributed by atoms with Gasteiger partial charge in [-0.25, -0.2) is 9.59 Å². The molecule has 8 heteroatoms. The third kappa shape index (κ3) is 10.7. The van der Waals surface area contributed by atoms with Gasteiger partial charge < -0.3 is 29.2 Å². The van der Waals surface area contributed by atoms with Crippen LogP contribution in [0, 0.1) is 5.92 Å². The molecule has 1 aliphatic carbocycles. The van der Waals surface area contributed by atoms with Crippen LogP contribution in [0.5, 0.6) is 11.5 Å². The first-order chi connectivity index (χ1) is 23.3. The summed E-state index contributed by atoms with van der Waals surface area (Å²) >= 11 is 0. The zero-order chi connectivity index (χ0) is 34.3. The van der Waals surface area contributed by atoms with Crippen molar-refractivity contribution in [1.29, 1.82) is 0 Å². The summed E-state index contributed by atoms with van der Waals surface area (Å²) in [5, 5.41) is 18.1. The zero-order valence-corrected chi connectivity index (χ0v) is 27.5. The number of rotatable bonds is 18. The predicted octanol–water partition coefficient (Wildman–Crippen LogP) is 7.20. The number of ether oxygens (including phenoxy) is 4. The van der Waals surface area contributed by atoms with Crippen LogP contribution in [0.4, 0.5) is 0 Å². The molecule has 0 aromatic heterocycles. The minimum absolute atomic E-state index is 0.0343. The molecule has 0 heterocycles. The van der Waals surface area contributed by atoms with Crippen molar-refractivity contribution in [2.24, 2.45) is 5.92 Å². The predicted molar refractivity (Wildman–Crippen MR) is 187 cm³/mol. The number of aliphatic hydroxyl groups excluding tert-OH is 2. The SMILES string of the molecule is C=CCCC1CCC(c2ccc(-c3ccc(-c4cc(OCCOC(=O)C(=C)CO)cc(OCCOC(=O)C(=C)CO)c4)cc3)cc2)CC1. The molecule has 1 aliphatic rings. The van der Waals surface area contributed by atoms with Gasteiger partial charge in [-0.1, -0.05) is 67.8 Å². The van der Waals surface area contributed by atoms with E-state index >= 15 is 0 Å². The standard InChI is InChI=1S/C40H46O8/c1-4-5-6-30-7-9-31(10-8-30)32-11-13-33(14-12-32)34-15-17-35(18-16-34)36-23-37(45-19-21-47-39(43)28(2)26-41)25-38(24-36)46-20-22-48-40(44)29(3)27-42/h4,11-18,23-25,30-31,41-42H,1-3,5-10,19-22,26-27H2. The van der Waals surface area contributed by atoms with Crippen molar-refractivity contribution < 1.29 is 38.7 Å². The molecule has 0 amide bonds. The average molecular weight is 655 g/mol. The minimum atomic E-state index is -0.686. The molecule has 0 bridgehead atoms. The smallest absolute Gasteiger partial charge is 0.335 e. The molecule has 254 valence electrons. The Morgan fingerprint density at radius 1 is 0.667 bits per heavy atom. The first-order valence-corrected chi connectivity index (χ1v) is 16.4. The van der Waals surface area contributed by atoms with Crippen molar-refractivity contribution in [2.45, 2.75) is 44.4 Å². The van der Waals surface area contributed by atoms with Gasteiger partial charge in [0.05, 0.1) is 24.4 Å². The van der Waals surface area contributed by atoms with E-state index in [9.17, 15) is 9.59 Å². The third-order valence-corrected chi connectivity index (χ3v) is 8.57. The van der Waals surface area contributed by atoms with Gasteiger partial charge in [-0.3, -0.25) is 0 Å². The molecule has 0 aliphatic heterocycles. The topological polar surface area (TPSA) is 112 Å². The lowest BCUT2D eigenvalue weighted by Crippen LogP contribution is -2.15. The van der Waals surface area contributed by atoms with E-state index in [1.54, 1.807) is 6.07 Å². The number of carbonyl (C=O) groups excluding carboxylic acids is 2. The number of aliphatic hydroxyl groups is 2. The summed E-state index contributed by atoms with van der Waals surface area (Å²) in [5.41, 5.74) is 5.39. The van der Waals surface area contributed by atoms with Gasteiger partial charge in [0, 0.05) is 6.07 Å². The third-order valence-electron chi connectivity index (χ3n) is 8.57. The van der Waals surface area contributed by atoms with Crippen molar-refractivity contribution in [3.05, 3.63) is 109 Å². The van der Waals surface area contributed by atoms with Crippen LogP contribution < -0.4 is 9.47 Å². The zero-order valence-electron chi connectivity index (χ0n) is 27.5. The Morgan fingerprint density at radius 2 is 1.12 bits per heavy atom. The van der Waals surface area contributed by atoms with Gasteiger partial charge in [-0.2, -0.15) is 0 Å². The van der Waals surface area contributed by atoms with Crippen LogP contribution in [0.1, 0.15) is 50.0 Å². The van der Waals surface area contributed by atoms with Gasteiger partial charge in [0.25, 0.3) is 0 Å². The fourth-order valence-corrected chi connectivity index (χ4v) is 5.77. The molecule has 3 aromatic rings. The van der Waals surface area contributed by atoms with Crippen LogP contribution in [0.15, 0.2) is 104 Å². The minimum Gasteiger partial charge on any atom is -0.490 e. The second kappa shape index (κ2) is 18.6. The van der Waals surface area contributed by atoms with Crippen molar-refractivity contribution >= 4 is 11.9 Å². The highest BCUT2D eigenvalue weighted by molar-refractivity contribution is 5.88. The molecule has 8 nitrogen and oxygen atoms in total. The Morgan fingerprint density at radius 3 is 1.58 bits per heavy atom. The number of carbonyl (C=O) groups is 2. The Hall–Kier alpha value is -4.66. The fourth-order valence-electron chi connectivity index (χ4n) is 5.77. The second-order valence-electron chi connectivity index (χ2n) is 12.0. The Bertz CT molecular complexity index is 1480. The molecular weight excluding hydrogens is 608 g/mol. The van der Waals surface area contributed by atoms with Gasteiger partial charge in [-0.05, 0) is 90.3 Å². The fraction of sp³-hybridized carbons (Fsp3) is 0.350. The maximum Gasteiger partial charge on any atom is 0.335 e. The molecule has 4 rings (SSSR count). The Kier molecular flexibility index (Phi) is 14.0. The van der Waals surface area contributed by atoms with E-state index < -0.39 is 25.2 Å². The van der Waals surface area contributed by atoms with Gasteiger partial charge in [-0.15, -0.1) is 6.58 Å². The van der Waals surface area contributed by atoms with Crippen molar-refractivity contribution in [3.8, 4) is 33.8 Å². The second-order valence-corrected chi connectivity index (χ2v) is 12.0. The first-order valence-electron chi connectivity index (χ1n) is 16.4. The van der Waals surface area contributed by atoms with Crippen molar-refractivity contribution in [1.82, 2.24) is 0 Å². The monoisotopic (exact) mass is 654 g/mol. The molecule has 3 aromatic carbocycles. The van der Waals surface area contributed by atoms with E-state index in [2.05, 4.69) is 56.1 Å². The van der Waals surface area contributed by atoms with Gasteiger partial charge >= 0.3 is 11.9 Å². The number of hydrogen-bond acceptors (Lipinski definition) is 8. The van der Waals surface area contributed by atoms with Crippen LogP contribution in [-0.4, -0.2) is 61.8 Å². The van der Waals surface area contributed by atoms with E-state index in [1.807, 2.05) is 30.3 Å². The van der Waals surface area contributed by atoms with Gasteiger partial charge in [0.15, 0.2) is 0 Å². The lowest BCUT2D eigenvalue weighted by molar-refractivity contribution is -0.141. The summed E-state index contributed by atoms with van der Waals surface area (Å²) in [4.78, 5) is 23.6. The molecule has 1 fully saturated rings. The van der Waals surface area contributed by atoms with E-state index in [0.29, 0.717) is 17.4 Å². The van der Waals surface area contributed by atoms with Crippen molar-refractivity contribution in [3.63, 3.8) is 0 Å². The lowest BCUT2D eigenvalue weighted by Gasteiger charge is -2.28. The lowest BCUT2D eigenvalue weighted by atomic mass is 9.77.